The largest absolute Gasteiger partial charge is 0.305 e. The molecular formula is C14H19N3. The van der Waals surface area contributed by atoms with E-state index in [9.17, 15) is 0 Å². The zero-order valence-electron chi connectivity index (χ0n) is 10.3. The number of pyridine rings is 1. The molecule has 0 bridgehead atoms. The highest BCUT2D eigenvalue weighted by atomic mass is 15.0. The highest BCUT2D eigenvalue weighted by Gasteiger charge is 2.26. The fraction of sp³-hybridized carbons (Fsp3) is 0.571. The molecule has 2 unspecified atom stereocenters. The molecule has 1 aliphatic carbocycles. The summed E-state index contributed by atoms with van der Waals surface area (Å²) < 4.78 is 0. The molecule has 3 atom stereocenters. The van der Waals surface area contributed by atoms with Gasteiger partial charge >= 0.3 is 0 Å². The number of nitriles is 1. The summed E-state index contributed by atoms with van der Waals surface area (Å²) >= 11 is 0. The van der Waals surface area contributed by atoms with Crippen LogP contribution in [0.4, 0.5) is 0 Å². The average Bonchev–Trinajstić information content (AvgIpc) is 2.40. The second-order valence-electron chi connectivity index (χ2n) is 4.77. The molecular weight excluding hydrogens is 210 g/mol. The van der Waals surface area contributed by atoms with Crippen molar-refractivity contribution in [1.82, 2.24) is 10.3 Å². The highest BCUT2D eigenvalue weighted by molar-refractivity contribution is 5.08. The van der Waals surface area contributed by atoms with Crippen LogP contribution in [-0.4, -0.2) is 11.0 Å². The first-order chi connectivity index (χ1) is 8.31. The first-order valence-electron chi connectivity index (χ1n) is 6.38. The van der Waals surface area contributed by atoms with E-state index >= 15 is 0 Å². The summed E-state index contributed by atoms with van der Waals surface area (Å²) in [6.07, 6.45) is 6.37. The van der Waals surface area contributed by atoms with E-state index in [1.165, 1.54) is 12.8 Å². The van der Waals surface area contributed by atoms with Gasteiger partial charge in [-0.25, -0.2) is 0 Å². The Balaban J connectivity index is 1.98. The Labute approximate surface area is 103 Å². The molecule has 0 amide bonds. The number of nitrogens with one attached hydrogen (secondary N) is 1. The molecule has 0 aliphatic heterocycles. The van der Waals surface area contributed by atoms with Crippen molar-refractivity contribution in [2.75, 3.05) is 0 Å². The van der Waals surface area contributed by atoms with Crippen LogP contribution < -0.4 is 5.32 Å². The highest BCUT2D eigenvalue weighted by Crippen LogP contribution is 2.25. The molecule has 3 heteroatoms. The number of hydrogen-bond acceptors (Lipinski definition) is 3. The third kappa shape index (κ3) is 3.04. The minimum atomic E-state index is 0.162. The molecule has 0 radical (unpaired) electrons. The first kappa shape index (κ1) is 12.1. The maximum absolute atomic E-state index is 9.14. The van der Waals surface area contributed by atoms with Crippen LogP contribution in [0.15, 0.2) is 24.4 Å². The van der Waals surface area contributed by atoms with Crippen molar-refractivity contribution in [2.45, 2.75) is 44.7 Å². The van der Waals surface area contributed by atoms with Gasteiger partial charge in [-0.1, -0.05) is 18.9 Å². The monoisotopic (exact) mass is 229 g/mol. The van der Waals surface area contributed by atoms with E-state index in [0.717, 1.165) is 18.5 Å². The van der Waals surface area contributed by atoms with Crippen molar-refractivity contribution in [3.05, 3.63) is 30.1 Å². The molecule has 0 saturated heterocycles. The minimum Gasteiger partial charge on any atom is -0.305 e. The van der Waals surface area contributed by atoms with Gasteiger partial charge in [-0.2, -0.15) is 5.26 Å². The molecule has 0 aromatic carbocycles. The lowest BCUT2D eigenvalue weighted by atomic mass is 9.85. The van der Waals surface area contributed by atoms with Crippen molar-refractivity contribution >= 4 is 0 Å². The van der Waals surface area contributed by atoms with Crippen LogP contribution in [0, 0.1) is 17.2 Å². The fourth-order valence-electron chi connectivity index (χ4n) is 2.52. The van der Waals surface area contributed by atoms with Crippen molar-refractivity contribution < 1.29 is 0 Å². The summed E-state index contributed by atoms with van der Waals surface area (Å²) in [5.74, 6) is 0.162. The van der Waals surface area contributed by atoms with Gasteiger partial charge in [0.25, 0.3) is 0 Å². The summed E-state index contributed by atoms with van der Waals surface area (Å²) in [7, 11) is 0. The van der Waals surface area contributed by atoms with Gasteiger partial charge < -0.3 is 5.32 Å². The normalized spacial score (nSPS) is 26.1. The quantitative estimate of drug-likeness (QED) is 0.867. The van der Waals surface area contributed by atoms with Crippen LogP contribution in [-0.2, 0) is 0 Å². The number of nitrogens with zero attached hydrogens (tertiary/aromatic N) is 2. The Morgan fingerprint density at radius 3 is 2.94 bits per heavy atom. The van der Waals surface area contributed by atoms with Gasteiger partial charge in [0.1, 0.15) is 0 Å². The number of aromatic nitrogens is 1. The van der Waals surface area contributed by atoms with E-state index in [2.05, 4.69) is 23.3 Å². The van der Waals surface area contributed by atoms with Crippen LogP contribution in [0.3, 0.4) is 0 Å². The Bertz CT molecular complexity index is 382. The molecule has 0 spiro atoms. The maximum Gasteiger partial charge on any atom is 0.0672 e. The predicted molar refractivity (Wildman–Crippen MR) is 67.1 cm³/mol. The number of rotatable bonds is 3. The third-order valence-electron chi connectivity index (χ3n) is 3.53. The Morgan fingerprint density at radius 2 is 2.24 bits per heavy atom. The van der Waals surface area contributed by atoms with Crippen molar-refractivity contribution in [1.29, 1.82) is 5.26 Å². The topological polar surface area (TPSA) is 48.7 Å². The third-order valence-corrected chi connectivity index (χ3v) is 3.53. The van der Waals surface area contributed by atoms with Gasteiger partial charge in [-0.05, 0) is 31.9 Å². The van der Waals surface area contributed by atoms with Crippen LogP contribution in [0.5, 0.6) is 0 Å². The molecule has 90 valence electrons. The summed E-state index contributed by atoms with van der Waals surface area (Å²) in [4.78, 5) is 4.35. The van der Waals surface area contributed by atoms with Gasteiger partial charge in [-0.3, -0.25) is 4.98 Å². The van der Waals surface area contributed by atoms with Gasteiger partial charge in [0.15, 0.2) is 0 Å². The molecule has 2 rings (SSSR count). The predicted octanol–water partition coefficient (Wildman–Crippen LogP) is 2.81. The van der Waals surface area contributed by atoms with Gasteiger partial charge in [0.2, 0.25) is 0 Å². The Hall–Kier alpha value is -1.40. The van der Waals surface area contributed by atoms with Crippen LogP contribution in [0.2, 0.25) is 0 Å². The molecule has 1 saturated carbocycles. The van der Waals surface area contributed by atoms with Crippen molar-refractivity contribution in [2.24, 2.45) is 5.92 Å². The minimum absolute atomic E-state index is 0.162. The van der Waals surface area contributed by atoms with E-state index in [-0.39, 0.29) is 12.0 Å². The van der Waals surface area contributed by atoms with Gasteiger partial charge in [0.05, 0.1) is 17.7 Å². The molecule has 3 nitrogen and oxygen atoms in total. The first-order valence-corrected chi connectivity index (χ1v) is 6.38. The van der Waals surface area contributed by atoms with E-state index in [4.69, 9.17) is 5.26 Å². The van der Waals surface area contributed by atoms with Crippen molar-refractivity contribution in [3.63, 3.8) is 0 Å². The lowest BCUT2D eigenvalue weighted by Crippen LogP contribution is -2.39. The molecule has 1 aromatic heterocycles. The van der Waals surface area contributed by atoms with Crippen LogP contribution >= 0.6 is 0 Å². The van der Waals surface area contributed by atoms with Gasteiger partial charge in [0, 0.05) is 18.3 Å². The summed E-state index contributed by atoms with van der Waals surface area (Å²) in [6, 6.07) is 8.93. The Morgan fingerprint density at radius 1 is 1.41 bits per heavy atom. The average molecular weight is 229 g/mol. The molecule has 1 aliphatic rings. The molecule has 1 aromatic rings. The summed E-state index contributed by atoms with van der Waals surface area (Å²) in [5.41, 5.74) is 1.05. The Kier molecular flexibility index (Phi) is 4.11. The maximum atomic E-state index is 9.14. The lowest BCUT2D eigenvalue weighted by molar-refractivity contribution is 0.291. The second kappa shape index (κ2) is 5.79. The summed E-state index contributed by atoms with van der Waals surface area (Å²) in [5, 5.41) is 12.7. The van der Waals surface area contributed by atoms with E-state index in [1.54, 1.807) is 0 Å². The fourth-order valence-corrected chi connectivity index (χ4v) is 2.52. The van der Waals surface area contributed by atoms with E-state index in [0.29, 0.717) is 6.04 Å². The van der Waals surface area contributed by atoms with Crippen LogP contribution in [0.1, 0.15) is 44.3 Å². The van der Waals surface area contributed by atoms with Crippen LogP contribution in [0.25, 0.3) is 0 Å². The standard InChI is InChI=1S/C14H19N3/c1-11(13-7-4-5-9-16-13)17-14-8-3-2-6-12(14)10-15/h4-5,7,9,11-12,14,17H,2-3,6,8H2,1H3/t11-,12?,14?/m1/s1. The lowest BCUT2D eigenvalue weighted by Gasteiger charge is -2.30. The molecule has 1 N–H and O–H groups in total. The number of hydrogen-bond donors (Lipinski definition) is 1. The zero-order chi connectivity index (χ0) is 12.1. The van der Waals surface area contributed by atoms with E-state index < -0.39 is 0 Å². The zero-order valence-corrected chi connectivity index (χ0v) is 10.3. The smallest absolute Gasteiger partial charge is 0.0672 e. The van der Waals surface area contributed by atoms with Crippen molar-refractivity contribution in [3.8, 4) is 6.07 Å². The molecule has 1 fully saturated rings. The SMILES string of the molecule is C[C@@H](NC1CCCCC1C#N)c1ccccn1. The molecule has 1 heterocycles. The van der Waals surface area contributed by atoms with Gasteiger partial charge in [-0.15, -0.1) is 0 Å². The summed E-state index contributed by atoms with van der Waals surface area (Å²) in [6.45, 7) is 2.12. The second-order valence-corrected chi connectivity index (χ2v) is 4.77. The van der Waals surface area contributed by atoms with E-state index in [1.807, 2.05) is 24.4 Å². The molecule has 17 heavy (non-hydrogen) atoms.